The lowest BCUT2D eigenvalue weighted by atomic mass is 10.0. The lowest BCUT2D eigenvalue weighted by Gasteiger charge is -2.12. The summed E-state index contributed by atoms with van der Waals surface area (Å²) in [7, 11) is 0. The van der Waals surface area contributed by atoms with E-state index in [2.05, 4.69) is 44.2 Å². The van der Waals surface area contributed by atoms with Crippen molar-refractivity contribution in [1.29, 1.82) is 0 Å². The minimum atomic E-state index is -0.0557. The number of benzene rings is 2. The van der Waals surface area contributed by atoms with Crippen molar-refractivity contribution in [1.82, 2.24) is 0 Å². The van der Waals surface area contributed by atoms with E-state index in [9.17, 15) is 0 Å². The molecule has 0 saturated carbocycles. The molecular weight excluding hydrogens is 216 g/mol. The van der Waals surface area contributed by atoms with E-state index in [0.717, 1.165) is 5.56 Å². The third-order valence-corrected chi connectivity index (χ3v) is 3.13. The van der Waals surface area contributed by atoms with Crippen LogP contribution in [0.2, 0.25) is 0 Å². The molecule has 1 heteroatoms. The van der Waals surface area contributed by atoms with Crippen LogP contribution in [0.5, 0.6) is 0 Å². The Hall–Kier alpha value is -1.27. The molecule has 1 atom stereocenters. The van der Waals surface area contributed by atoms with E-state index in [4.69, 9.17) is 11.6 Å². The second-order valence-corrected chi connectivity index (χ2v) is 4.63. The summed E-state index contributed by atoms with van der Waals surface area (Å²) in [4.78, 5) is 0. The SMILES string of the molecule is Cc1cc(C)cc([C@@H](Cl)c2ccccc2)c1. The zero-order valence-electron chi connectivity index (χ0n) is 9.57. The van der Waals surface area contributed by atoms with Crippen molar-refractivity contribution in [2.75, 3.05) is 0 Å². The predicted molar refractivity (Wildman–Crippen MR) is 70.1 cm³/mol. The molecule has 0 saturated heterocycles. The number of hydrogen-bond acceptors (Lipinski definition) is 0. The van der Waals surface area contributed by atoms with Crippen molar-refractivity contribution in [3.63, 3.8) is 0 Å². The molecule has 0 heterocycles. The van der Waals surface area contributed by atoms with Crippen molar-refractivity contribution in [3.05, 3.63) is 70.8 Å². The molecular formula is C15H15Cl. The lowest BCUT2D eigenvalue weighted by Crippen LogP contribution is -1.94. The second-order valence-electron chi connectivity index (χ2n) is 4.19. The maximum Gasteiger partial charge on any atom is 0.0835 e. The molecule has 0 nitrogen and oxygen atoms in total. The second kappa shape index (κ2) is 4.71. The summed E-state index contributed by atoms with van der Waals surface area (Å²) in [5, 5.41) is -0.0557. The van der Waals surface area contributed by atoms with Crippen molar-refractivity contribution < 1.29 is 0 Å². The van der Waals surface area contributed by atoms with Crippen LogP contribution in [0.25, 0.3) is 0 Å². The molecule has 0 bridgehead atoms. The Labute approximate surface area is 102 Å². The Morgan fingerprint density at radius 2 is 1.38 bits per heavy atom. The van der Waals surface area contributed by atoms with Gasteiger partial charge in [0.1, 0.15) is 0 Å². The molecule has 0 aliphatic heterocycles. The molecule has 0 amide bonds. The summed E-state index contributed by atoms with van der Waals surface area (Å²) in [6.45, 7) is 4.20. The number of rotatable bonds is 2. The van der Waals surface area contributed by atoms with Gasteiger partial charge in [0.25, 0.3) is 0 Å². The topological polar surface area (TPSA) is 0 Å². The summed E-state index contributed by atoms with van der Waals surface area (Å²) in [5.41, 5.74) is 4.84. The van der Waals surface area contributed by atoms with E-state index in [0.29, 0.717) is 0 Å². The number of halogens is 1. The fourth-order valence-corrected chi connectivity index (χ4v) is 2.24. The van der Waals surface area contributed by atoms with Crippen LogP contribution in [-0.4, -0.2) is 0 Å². The highest BCUT2D eigenvalue weighted by Crippen LogP contribution is 2.29. The van der Waals surface area contributed by atoms with Gasteiger partial charge in [-0.05, 0) is 25.0 Å². The predicted octanol–water partition coefficient (Wildman–Crippen LogP) is 4.63. The molecule has 0 fully saturated rings. The van der Waals surface area contributed by atoms with Gasteiger partial charge in [0.2, 0.25) is 0 Å². The summed E-state index contributed by atoms with van der Waals surface area (Å²) in [5.74, 6) is 0. The average molecular weight is 231 g/mol. The van der Waals surface area contributed by atoms with Gasteiger partial charge < -0.3 is 0 Å². The standard InChI is InChI=1S/C15H15Cl/c1-11-8-12(2)10-14(9-11)15(16)13-6-4-3-5-7-13/h3-10,15H,1-2H3/t15-/m0/s1. The van der Waals surface area contributed by atoms with E-state index in [-0.39, 0.29) is 5.38 Å². The monoisotopic (exact) mass is 230 g/mol. The highest BCUT2D eigenvalue weighted by molar-refractivity contribution is 6.22. The first-order valence-corrected chi connectivity index (χ1v) is 5.87. The first kappa shape index (κ1) is 11.2. The van der Waals surface area contributed by atoms with E-state index in [1.54, 1.807) is 0 Å². The minimum absolute atomic E-state index is 0.0557. The van der Waals surface area contributed by atoms with Gasteiger partial charge in [-0.3, -0.25) is 0 Å². The zero-order chi connectivity index (χ0) is 11.5. The molecule has 0 aromatic heterocycles. The molecule has 0 spiro atoms. The number of hydrogen-bond donors (Lipinski definition) is 0. The molecule has 0 radical (unpaired) electrons. The molecule has 0 aliphatic rings. The van der Waals surface area contributed by atoms with Crippen molar-refractivity contribution in [3.8, 4) is 0 Å². The van der Waals surface area contributed by atoms with Crippen LogP contribution < -0.4 is 0 Å². The van der Waals surface area contributed by atoms with Crippen LogP contribution in [0, 0.1) is 13.8 Å². The van der Waals surface area contributed by atoms with Gasteiger partial charge in [-0.15, -0.1) is 11.6 Å². The first-order valence-electron chi connectivity index (χ1n) is 5.44. The van der Waals surface area contributed by atoms with Crippen molar-refractivity contribution in [2.24, 2.45) is 0 Å². The lowest BCUT2D eigenvalue weighted by molar-refractivity contribution is 1.12. The third kappa shape index (κ3) is 2.45. The molecule has 2 rings (SSSR count). The van der Waals surface area contributed by atoms with Gasteiger partial charge in [-0.25, -0.2) is 0 Å². The first-order chi connectivity index (χ1) is 7.66. The average Bonchev–Trinajstić information content (AvgIpc) is 2.28. The van der Waals surface area contributed by atoms with Crippen LogP contribution in [0.1, 0.15) is 27.6 Å². The Kier molecular flexibility index (Phi) is 3.31. The molecule has 2 aromatic rings. The van der Waals surface area contributed by atoms with Gasteiger partial charge in [0.05, 0.1) is 5.38 Å². The molecule has 0 aliphatic carbocycles. The molecule has 0 unspecified atom stereocenters. The van der Waals surface area contributed by atoms with Crippen LogP contribution >= 0.6 is 11.6 Å². The Balaban J connectivity index is 2.37. The minimum Gasteiger partial charge on any atom is -0.113 e. The fraction of sp³-hybridized carbons (Fsp3) is 0.200. The third-order valence-electron chi connectivity index (χ3n) is 2.63. The summed E-state index contributed by atoms with van der Waals surface area (Å²) in [6.07, 6.45) is 0. The summed E-state index contributed by atoms with van der Waals surface area (Å²) >= 11 is 6.48. The van der Waals surface area contributed by atoms with Gasteiger partial charge in [0.15, 0.2) is 0 Å². The molecule has 0 N–H and O–H groups in total. The van der Waals surface area contributed by atoms with Crippen LogP contribution in [-0.2, 0) is 0 Å². The van der Waals surface area contributed by atoms with E-state index < -0.39 is 0 Å². The van der Waals surface area contributed by atoms with E-state index in [1.807, 2.05) is 18.2 Å². The van der Waals surface area contributed by atoms with Gasteiger partial charge >= 0.3 is 0 Å². The van der Waals surface area contributed by atoms with Crippen LogP contribution in [0.3, 0.4) is 0 Å². The summed E-state index contributed by atoms with van der Waals surface area (Å²) in [6, 6.07) is 16.6. The van der Waals surface area contributed by atoms with E-state index in [1.165, 1.54) is 16.7 Å². The fourth-order valence-electron chi connectivity index (χ4n) is 1.97. The molecule has 16 heavy (non-hydrogen) atoms. The number of alkyl halides is 1. The van der Waals surface area contributed by atoms with Crippen molar-refractivity contribution in [2.45, 2.75) is 19.2 Å². The Morgan fingerprint density at radius 3 is 1.94 bits per heavy atom. The quantitative estimate of drug-likeness (QED) is 0.660. The zero-order valence-corrected chi connectivity index (χ0v) is 10.3. The largest absolute Gasteiger partial charge is 0.113 e. The van der Waals surface area contributed by atoms with E-state index >= 15 is 0 Å². The highest BCUT2D eigenvalue weighted by atomic mass is 35.5. The van der Waals surface area contributed by atoms with Crippen LogP contribution in [0.15, 0.2) is 48.5 Å². The van der Waals surface area contributed by atoms with Crippen LogP contribution in [0.4, 0.5) is 0 Å². The maximum atomic E-state index is 6.48. The van der Waals surface area contributed by atoms with Gasteiger partial charge in [-0.1, -0.05) is 59.7 Å². The normalized spacial score (nSPS) is 12.4. The number of aryl methyl sites for hydroxylation is 2. The molecule has 82 valence electrons. The maximum absolute atomic E-state index is 6.48. The Bertz CT molecular complexity index is 454. The van der Waals surface area contributed by atoms with Gasteiger partial charge in [-0.2, -0.15) is 0 Å². The smallest absolute Gasteiger partial charge is 0.0835 e. The summed E-state index contributed by atoms with van der Waals surface area (Å²) < 4.78 is 0. The Morgan fingerprint density at radius 1 is 0.812 bits per heavy atom. The molecule has 2 aromatic carbocycles. The van der Waals surface area contributed by atoms with Crippen molar-refractivity contribution >= 4 is 11.6 Å². The van der Waals surface area contributed by atoms with Gasteiger partial charge in [0, 0.05) is 0 Å². The highest BCUT2D eigenvalue weighted by Gasteiger charge is 2.10.